The molecule has 2 unspecified atom stereocenters. The summed E-state index contributed by atoms with van der Waals surface area (Å²) in [5.41, 5.74) is 1.92. The first-order chi connectivity index (χ1) is 11.6. The number of aromatic nitrogens is 1. The fraction of sp³-hybridized carbons (Fsp3) is 0.500. The Morgan fingerprint density at radius 3 is 3.21 bits per heavy atom. The SMILES string of the molecule is Cc1nc(CN2CCC3(CC(Nc4cccc(F)c4)CO3)C2)cs1. The summed E-state index contributed by atoms with van der Waals surface area (Å²) >= 11 is 1.70. The van der Waals surface area contributed by atoms with Gasteiger partial charge in [0.15, 0.2) is 0 Å². The summed E-state index contributed by atoms with van der Waals surface area (Å²) in [7, 11) is 0. The summed E-state index contributed by atoms with van der Waals surface area (Å²) in [5.74, 6) is -0.209. The highest BCUT2D eigenvalue weighted by Crippen LogP contribution is 2.36. The van der Waals surface area contributed by atoms with Crippen LogP contribution in [0, 0.1) is 12.7 Å². The maximum atomic E-state index is 13.3. The van der Waals surface area contributed by atoms with E-state index in [1.165, 1.54) is 12.1 Å². The molecule has 2 atom stereocenters. The highest BCUT2D eigenvalue weighted by molar-refractivity contribution is 7.09. The van der Waals surface area contributed by atoms with E-state index in [2.05, 4.69) is 20.6 Å². The van der Waals surface area contributed by atoms with Gasteiger partial charge in [0.2, 0.25) is 0 Å². The Bertz CT molecular complexity index is 722. The molecule has 4 rings (SSSR count). The van der Waals surface area contributed by atoms with Crippen molar-refractivity contribution in [2.75, 3.05) is 25.0 Å². The lowest BCUT2D eigenvalue weighted by atomic mass is 9.97. The van der Waals surface area contributed by atoms with Crippen LogP contribution in [0.4, 0.5) is 10.1 Å². The van der Waals surface area contributed by atoms with E-state index in [9.17, 15) is 4.39 Å². The third-order valence-corrected chi connectivity index (χ3v) is 5.67. The molecular formula is C18H22FN3OS. The maximum Gasteiger partial charge on any atom is 0.125 e. The van der Waals surface area contributed by atoms with E-state index in [1.807, 2.05) is 13.0 Å². The summed E-state index contributed by atoms with van der Waals surface area (Å²) in [5, 5.41) is 6.67. The molecule has 0 radical (unpaired) electrons. The number of benzene rings is 1. The molecule has 2 fully saturated rings. The number of halogens is 1. The van der Waals surface area contributed by atoms with E-state index < -0.39 is 0 Å². The van der Waals surface area contributed by atoms with Crippen molar-refractivity contribution in [2.45, 2.75) is 38.0 Å². The number of aryl methyl sites for hydroxylation is 1. The van der Waals surface area contributed by atoms with Crippen LogP contribution in [0.1, 0.15) is 23.5 Å². The van der Waals surface area contributed by atoms with Gasteiger partial charge in [0, 0.05) is 37.1 Å². The minimum absolute atomic E-state index is 0.0595. The number of nitrogens with zero attached hydrogens (tertiary/aromatic N) is 2. The summed E-state index contributed by atoms with van der Waals surface area (Å²) in [6.45, 7) is 5.62. The van der Waals surface area contributed by atoms with Gasteiger partial charge in [-0.2, -0.15) is 0 Å². The number of ether oxygens (including phenoxy) is 1. The molecule has 0 bridgehead atoms. The zero-order chi connectivity index (χ0) is 16.6. The molecule has 1 aromatic heterocycles. The second-order valence-electron chi connectivity index (χ2n) is 6.87. The van der Waals surface area contributed by atoms with E-state index >= 15 is 0 Å². The van der Waals surface area contributed by atoms with Crippen LogP contribution < -0.4 is 5.32 Å². The van der Waals surface area contributed by atoms with Crippen LogP contribution in [-0.4, -0.2) is 41.2 Å². The number of rotatable bonds is 4. The van der Waals surface area contributed by atoms with Crippen molar-refractivity contribution in [3.63, 3.8) is 0 Å². The van der Waals surface area contributed by atoms with Crippen molar-refractivity contribution >= 4 is 17.0 Å². The van der Waals surface area contributed by atoms with Gasteiger partial charge in [-0.05, 0) is 31.5 Å². The summed E-state index contributed by atoms with van der Waals surface area (Å²) in [6, 6.07) is 6.88. The van der Waals surface area contributed by atoms with Gasteiger partial charge in [0.25, 0.3) is 0 Å². The fourth-order valence-corrected chi connectivity index (χ4v) is 4.41. The molecular weight excluding hydrogens is 325 g/mol. The third-order valence-electron chi connectivity index (χ3n) is 4.85. The summed E-state index contributed by atoms with van der Waals surface area (Å²) < 4.78 is 19.5. The lowest BCUT2D eigenvalue weighted by Crippen LogP contribution is -2.33. The van der Waals surface area contributed by atoms with Crippen molar-refractivity contribution in [2.24, 2.45) is 0 Å². The third kappa shape index (κ3) is 3.45. The Labute approximate surface area is 145 Å². The topological polar surface area (TPSA) is 37.4 Å². The first-order valence-corrected chi connectivity index (χ1v) is 9.28. The van der Waals surface area contributed by atoms with Crippen molar-refractivity contribution in [1.29, 1.82) is 0 Å². The van der Waals surface area contributed by atoms with Crippen LogP contribution in [-0.2, 0) is 11.3 Å². The second kappa shape index (κ2) is 6.43. The van der Waals surface area contributed by atoms with Crippen LogP contribution in [0.3, 0.4) is 0 Å². The molecule has 0 amide bonds. The molecule has 0 saturated carbocycles. The van der Waals surface area contributed by atoms with Gasteiger partial charge >= 0.3 is 0 Å². The average Bonchev–Trinajstić information content (AvgIpc) is 3.23. The number of likely N-dealkylation sites (tertiary alicyclic amines) is 1. The first-order valence-electron chi connectivity index (χ1n) is 8.40. The van der Waals surface area contributed by atoms with Crippen LogP contribution in [0.5, 0.6) is 0 Å². The number of nitrogens with one attached hydrogen (secondary N) is 1. The van der Waals surface area contributed by atoms with Crippen LogP contribution >= 0.6 is 11.3 Å². The second-order valence-corrected chi connectivity index (χ2v) is 7.93. The van der Waals surface area contributed by atoms with Gasteiger partial charge in [-0.1, -0.05) is 6.07 Å². The number of anilines is 1. The molecule has 128 valence electrons. The minimum Gasteiger partial charge on any atom is -0.380 e. The Balaban J connectivity index is 1.34. The standard InChI is InChI=1S/C18H22FN3OS/c1-13-20-17(11-24-13)9-22-6-5-18(12-22)8-16(10-23-18)21-15-4-2-3-14(19)7-15/h2-4,7,11,16,21H,5-6,8-10,12H2,1H3. The molecule has 2 aliphatic rings. The van der Waals surface area contributed by atoms with Gasteiger partial charge in [-0.15, -0.1) is 11.3 Å². The lowest BCUT2D eigenvalue weighted by Gasteiger charge is -2.23. The molecule has 6 heteroatoms. The molecule has 2 saturated heterocycles. The Morgan fingerprint density at radius 1 is 1.50 bits per heavy atom. The van der Waals surface area contributed by atoms with E-state index in [0.717, 1.165) is 48.9 Å². The molecule has 1 N–H and O–H groups in total. The first kappa shape index (κ1) is 16.0. The van der Waals surface area contributed by atoms with E-state index in [0.29, 0.717) is 6.61 Å². The molecule has 2 aliphatic heterocycles. The quantitative estimate of drug-likeness (QED) is 0.919. The maximum absolute atomic E-state index is 13.3. The smallest absolute Gasteiger partial charge is 0.125 e. The van der Waals surface area contributed by atoms with Crippen molar-refractivity contribution in [3.8, 4) is 0 Å². The zero-order valence-corrected chi connectivity index (χ0v) is 14.6. The van der Waals surface area contributed by atoms with Gasteiger partial charge in [0.1, 0.15) is 5.82 Å². The van der Waals surface area contributed by atoms with Crippen LogP contribution in [0.15, 0.2) is 29.6 Å². The van der Waals surface area contributed by atoms with Crippen molar-refractivity contribution < 1.29 is 9.13 Å². The predicted octanol–water partition coefficient (Wildman–Crippen LogP) is 3.44. The molecule has 1 aromatic carbocycles. The molecule has 1 spiro atoms. The zero-order valence-electron chi connectivity index (χ0n) is 13.8. The van der Waals surface area contributed by atoms with Gasteiger partial charge in [-0.25, -0.2) is 9.37 Å². The van der Waals surface area contributed by atoms with E-state index in [-0.39, 0.29) is 17.5 Å². The highest BCUT2D eigenvalue weighted by Gasteiger charge is 2.45. The minimum atomic E-state index is -0.209. The fourth-order valence-electron chi connectivity index (χ4n) is 3.81. The van der Waals surface area contributed by atoms with E-state index in [1.54, 1.807) is 17.4 Å². The Kier molecular flexibility index (Phi) is 4.28. The van der Waals surface area contributed by atoms with Gasteiger partial charge in [0.05, 0.1) is 29.0 Å². The number of hydrogen-bond acceptors (Lipinski definition) is 5. The van der Waals surface area contributed by atoms with Gasteiger partial charge in [-0.3, -0.25) is 4.90 Å². The Hall–Kier alpha value is -1.50. The highest BCUT2D eigenvalue weighted by atomic mass is 32.1. The predicted molar refractivity (Wildman–Crippen MR) is 93.9 cm³/mol. The Morgan fingerprint density at radius 2 is 2.42 bits per heavy atom. The normalized spacial score (nSPS) is 27.2. The largest absolute Gasteiger partial charge is 0.380 e. The lowest BCUT2D eigenvalue weighted by molar-refractivity contribution is 0.0119. The monoisotopic (exact) mass is 347 g/mol. The average molecular weight is 347 g/mol. The molecule has 3 heterocycles. The number of thiazole rings is 1. The van der Waals surface area contributed by atoms with Crippen molar-refractivity contribution in [1.82, 2.24) is 9.88 Å². The van der Waals surface area contributed by atoms with Crippen LogP contribution in [0.2, 0.25) is 0 Å². The molecule has 24 heavy (non-hydrogen) atoms. The van der Waals surface area contributed by atoms with Crippen molar-refractivity contribution in [3.05, 3.63) is 46.2 Å². The summed E-state index contributed by atoms with van der Waals surface area (Å²) in [6.07, 6.45) is 2.02. The van der Waals surface area contributed by atoms with Gasteiger partial charge < -0.3 is 10.1 Å². The number of hydrogen-bond donors (Lipinski definition) is 1. The van der Waals surface area contributed by atoms with Crippen LogP contribution in [0.25, 0.3) is 0 Å². The molecule has 4 nitrogen and oxygen atoms in total. The molecule has 0 aliphatic carbocycles. The summed E-state index contributed by atoms with van der Waals surface area (Å²) in [4.78, 5) is 6.99. The molecule has 2 aromatic rings. The van der Waals surface area contributed by atoms with E-state index in [4.69, 9.17) is 4.74 Å².